The highest BCUT2D eigenvalue weighted by Crippen LogP contribution is 2.31. The van der Waals surface area contributed by atoms with Gasteiger partial charge >= 0.3 is 11.5 Å². The lowest BCUT2D eigenvalue weighted by Crippen LogP contribution is -2.23. The summed E-state index contributed by atoms with van der Waals surface area (Å²) in [6.07, 6.45) is -1.36. The third kappa shape index (κ3) is 3.28. The van der Waals surface area contributed by atoms with Crippen molar-refractivity contribution in [1.82, 2.24) is 0 Å². The lowest BCUT2D eigenvalue weighted by molar-refractivity contribution is -0.150. The molecule has 1 aromatic carbocycles. The predicted molar refractivity (Wildman–Crippen MR) is 61.7 cm³/mol. The molecule has 0 aliphatic rings. The summed E-state index contributed by atoms with van der Waals surface area (Å²) >= 11 is 0. The van der Waals surface area contributed by atoms with E-state index in [1.54, 1.807) is 6.92 Å². The maximum Gasteiger partial charge on any atom is 0.501 e. The largest absolute Gasteiger partial charge is 0.501 e. The van der Waals surface area contributed by atoms with E-state index < -0.39 is 32.3 Å². The van der Waals surface area contributed by atoms with Crippen molar-refractivity contribution in [2.45, 2.75) is 23.4 Å². The fourth-order valence-corrected chi connectivity index (χ4v) is 2.19. The Morgan fingerprint density at radius 2 is 1.80 bits per heavy atom. The third-order valence-electron chi connectivity index (χ3n) is 2.36. The van der Waals surface area contributed by atoms with Gasteiger partial charge in [0.25, 0.3) is 9.84 Å². The van der Waals surface area contributed by atoms with Gasteiger partial charge in [-0.25, -0.2) is 13.2 Å². The van der Waals surface area contributed by atoms with Crippen LogP contribution < -0.4 is 0 Å². The fraction of sp³-hybridized carbons (Fsp3) is 0.364. The topological polar surface area (TPSA) is 80.7 Å². The summed E-state index contributed by atoms with van der Waals surface area (Å²) < 4.78 is 64.1. The van der Waals surface area contributed by atoms with E-state index in [0.717, 1.165) is 12.1 Å². The number of ether oxygens (including phenoxy) is 1. The molecule has 1 atom stereocenters. The van der Waals surface area contributed by atoms with Gasteiger partial charge in [-0.05, 0) is 24.6 Å². The van der Waals surface area contributed by atoms with Gasteiger partial charge in [0.15, 0.2) is 6.10 Å². The van der Waals surface area contributed by atoms with E-state index in [9.17, 15) is 26.4 Å². The van der Waals surface area contributed by atoms with Crippen LogP contribution in [-0.2, 0) is 19.4 Å². The minimum atomic E-state index is -5.44. The fourth-order valence-electron chi connectivity index (χ4n) is 1.43. The van der Waals surface area contributed by atoms with E-state index in [-0.39, 0.29) is 12.2 Å². The molecule has 9 heteroatoms. The molecule has 0 spiro atoms. The second-order valence-electron chi connectivity index (χ2n) is 3.69. The minimum Gasteiger partial charge on any atom is -0.479 e. The van der Waals surface area contributed by atoms with Gasteiger partial charge in [-0.3, -0.25) is 0 Å². The van der Waals surface area contributed by atoms with Crippen molar-refractivity contribution in [3.8, 4) is 0 Å². The van der Waals surface area contributed by atoms with Crippen LogP contribution >= 0.6 is 0 Å². The number of halogens is 3. The van der Waals surface area contributed by atoms with E-state index >= 15 is 0 Å². The van der Waals surface area contributed by atoms with Gasteiger partial charge in [-0.2, -0.15) is 13.2 Å². The molecule has 1 aromatic rings. The molecule has 0 saturated carbocycles. The summed E-state index contributed by atoms with van der Waals surface area (Å²) in [5, 5.41) is 8.89. The normalized spacial score (nSPS) is 14.0. The van der Waals surface area contributed by atoms with Crippen molar-refractivity contribution in [3.05, 3.63) is 29.8 Å². The zero-order valence-corrected chi connectivity index (χ0v) is 11.0. The minimum absolute atomic E-state index is 0.0560. The summed E-state index contributed by atoms with van der Waals surface area (Å²) in [4.78, 5) is 9.96. The Labute approximate surface area is 112 Å². The predicted octanol–water partition coefficient (Wildman–Crippen LogP) is 2.14. The van der Waals surface area contributed by atoms with Crippen LogP contribution in [-0.4, -0.2) is 31.6 Å². The highest BCUT2D eigenvalue weighted by molar-refractivity contribution is 7.92. The van der Waals surface area contributed by atoms with E-state index in [1.165, 1.54) is 0 Å². The second kappa shape index (κ2) is 5.80. The Hall–Kier alpha value is -1.61. The standard InChI is InChI=1S/C11H11F3O5S/c1-2-19-9(10(15)16)7-3-5-8(6-4-7)20(17,18)11(12,13)14/h3-6,9H,2H2,1H3,(H,15,16). The van der Waals surface area contributed by atoms with Crippen LogP contribution in [0.15, 0.2) is 29.2 Å². The molecule has 1 unspecified atom stereocenters. The molecule has 0 fully saturated rings. The van der Waals surface area contributed by atoms with E-state index in [4.69, 9.17) is 9.84 Å². The number of carbonyl (C=O) groups is 1. The molecule has 0 aromatic heterocycles. The molecule has 20 heavy (non-hydrogen) atoms. The van der Waals surface area contributed by atoms with E-state index in [2.05, 4.69) is 0 Å². The first-order chi connectivity index (χ1) is 9.11. The molecule has 5 nitrogen and oxygen atoms in total. The van der Waals surface area contributed by atoms with Gasteiger partial charge < -0.3 is 9.84 Å². The van der Waals surface area contributed by atoms with Gasteiger partial charge in [0.1, 0.15) is 0 Å². The van der Waals surface area contributed by atoms with Crippen molar-refractivity contribution in [3.63, 3.8) is 0 Å². The van der Waals surface area contributed by atoms with E-state index in [0.29, 0.717) is 12.1 Å². The zero-order valence-electron chi connectivity index (χ0n) is 10.2. The number of alkyl halides is 3. The Morgan fingerprint density at radius 3 is 2.15 bits per heavy atom. The Kier molecular flexibility index (Phi) is 4.77. The molecule has 0 radical (unpaired) electrons. The first kappa shape index (κ1) is 16.4. The van der Waals surface area contributed by atoms with Gasteiger partial charge in [-0.15, -0.1) is 0 Å². The summed E-state index contributed by atoms with van der Waals surface area (Å²) in [7, 11) is -5.44. The third-order valence-corrected chi connectivity index (χ3v) is 3.86. The first-order valence-corrected chi connectivity index (χ1v) is 6.85. The Bertz CT molecular complexity index is 577. The molecule has 1 N–H and O–H groups in total. The van der Waals surface area contributed by atoms with Gasteiger partial charge in [0.2, 0.25) is 0 Å². The van der Waals surface area contributed by atoms with Gasteiger partial charge in [-0.1, -0.05) is 12.1 Å². The lowest BCUT2D eigenvalue weighted by atomic mass is 10.1. The molecule has 0 heterocycles. The Balaban J connectivity index is 3.15. The van der Waals surface area contributed by atoms with Crippen LogP contribution in [0.3, 0.4) is 0 Å². The molecule has 0 saturated heterocycles. The van der Waals surface area contributed by atoms with Gasteiger partial charge in [0, 0.05) is 6.61 Å². The van der Waals surface area contributed by atoms with Crippen LogP contribution in [0.1, 0.15) is 18.6 Å². The summed E-state index contributed by atoms with van der Waals surface area (Å²) in [6.45, 7) is 1.64. The number of rotatable bonds is 5. The van der Waals surface area contributed by atoms with Crippen LogP contribution in [0.25, 0.3) is 0 Å². The van der Waals surface area contributed by atoms with Crippen molar-refractivity contribution in [2.24, 2.45) is 0 Å². The van der Waals surface area contributed by atoms with Crippen LogP contribution in [0.4, 0.5) is 13.2 Å². The smallest absolute Gasteiger partial charge is 0.479 e. The SMILES string of the molecule is CCOC(C(=O)O)c1ccc(S(=O)(=O)C(F)(F)F)cc1. The van der Waals surface area contributed by atoms with Crippen molar-refractivity contribution in [2.75, 3.05) is 6.61 Å². The van der Waals surface area contributed by atoms with Crippen molar-refractivity contribution < 1.29 is 36.2 Å². The molecule has 112 valence electrons. The molecule has 0 aliphatic carbocycles. The summed E-state index contributed by atoms with van der Waals surface area (Å²) in [5.41, 5.74) is -5.35. The maximum atomic E-state index is 12.3. The number of hydrogen-bond donors (Lipinski definition) is 1. The molecule has 0 bridgehead atoms. The molecule has 0 aliphatic heterocycles. The van der Waals surface area contributed by atoms with Crippen LogP contribution in [0.5, 0.6) is 0 Å². The average Bonchev–Trinajstić information content (AvgIpc) is 2.34. The summed E-state index contributed by atoms with van der Waals surface area (Å²) in [6, 6.07) is 3.36. The molecular formula is C11H11F3O5S. The van der Waals surface area contributed by atoms with Crippen LogP contribution in [0.2, 0.25) is 0 Å². The highest BCUT2D eigenvalue weighted by Gasteiger charge is 2.46. The molecule has 1 rings (SSSR count). The quantitative estimate of drug-likeness (QED) is 0.901. The first-order valence-electron chi connectivity index (χ1n) is 5.37. The van der Waals surface area contributed by atoms with Crippen molar-refractivity contribution in [1.29, 1.82) is 0 Å². The lowest BCUT2D eigenvalue weighted by Gasteiger charge is -2.13. The number of carboxylic acid groups (broad SMARTS) is 1. The second-order valence-corrected chi connectivity index (χ2v) is 5.63. The monoisotopic (exact) mass is 312 g/mol. The van der Waals surface area contributed by atoms with E-state index in [1.807, 2.05) is 0 Å². The number of hydrogen-bond acceptors (Lipinski definition) is 4. The van der Waals surface area contributed by atoms with Crippen LogP contribution in [0, 0.1) is 0 Å². The summed E-state index contributed by atoms with van der Waals surface area (Å²) in [5.74, 6) is -1.32. The number of sulfone groups is 1. The number of aliphatic carboxylic acids is 1. The number of carboxylic acids is 1. The van der Waals surface area contributed by atoms with Gasteiger partial charge in [0.05, 0.1) is 4.90 Å². The van der Waals surface area contributed by atoms with Crippen molar-refractivity contribution >= 4 is 15.8 Å². The Morgan fingerprint density at radius 1 is 1.30 bits per heavy atom. The molecule has 0 amide bonds. The molecular weight excluding hydrogens is 301 g/mol. The maximum absolute atomic E-state index is 12.3. The zero-order chi connectivity index (χ0) is 15.6. The average molecular weight is 312 g/mol. The highest BCUT2D eigenvalue weighted by atomic mass is 32.2. The number of benzene rings is 1.